The van der Waals surface area contributed by atoms with E-state index < -0.39 is 10.0 Å². The summed E-state index contributed by atoms with van der Waals surface area (Å²) in [5.74, 6) is 0. The fourth-order valence-corrected chi connectivity index (χ4v) is 3.71. The highest BCUT2D eigenvalue weighted by Crippen LogP contribution is 2.18. The Balaban J connectivity index is 2.43. The number of thiophene rings is 1. The second-order valence-electron chi connectivity index (χ2n) is 4.78. The zero-order chi connectivity index (χ0) is 14.5. The zero-order valence-corrected chi connectivity index (χ0v) is 13.4. The maximum Gasteiger partial charge on any atom is 0.241 e. The molecule has 5 nitrogen and oxygen atoms in total. The van der Waals surface area contributed by atoms with Gasteiger partial charge in [0.05, 0.1) is 4.90 Å². The van der Waals surface area contributed by atoms with Gasteiger partial charge < -0.3 is 10.6 Å². The molecule has 1 rings (SSSR count). The maximum atomic E-state index is 12.0. The van der Waals surface area contributed by atoms with Crippen LogP contribution in [0.1, 0.15) is 25.1 Å². The Morgan fingerprint density at radius 3 is 2.68 bits per heavy atom. The molecule has 1 heterocycles. The van der Waals surface area contributed by atoms with Crippen LogP contribution >= 0.6 is 11.3 Å². The Morgan fingerprint density at radius 2 is 2.16 bits per heavy atom. The summed E-state index contributed by atoms with van der Waals surface area (Å²) in [5, 5.41) is 1.63. The van der Waals surface area contributed by atoms with E-state index in [0.717, 1.165) is 17.8 Å². The van der Waals surface area contributed by atoms with Gasteiger partial charge in [-0.15, -0.1) is 11.3 Å². The fourth-order valence-electron chi connectivity index (χ4n) is 1.48. The lowest BCUT2D eigenvalue weighted by Crippen LogP contribution is -2.31. The molecule has 7 heteroatoms. The van der Waals surface area contributed by atoms with E-state index in [1.165, 1.54) is 11.3 Å². The van der Waals surface area contributed by atoms with E-state index in [0.29, 0.717) is 24.0 Å². The van der Waals surface area contributed by atoms with Gasteiger partial charge in [0.25, 0.3) is 0 Å². The average molecular weight is 305 g/mol. The molecule has 0 radical (unpaired) electrons. The Hall–Kier alpha value is -0.470. The molecule has 3 N–H and O–H groups in total. The molecule has 0 amide bonds. The van der Waals surface area contributed by atoms with Gasteiger partial charge in [0.15, 0.2) is 0 Å². The van der Waals surface area contributed by atoms with Crippen LogP contribution in [-0.4, -0.2) is 39.5 Å². The number of nitrogens with two attached hydrogens (primary N) is 1. The van der Waals surface area contributed by atoms with Crippen molar-refractivity contribution in [3.8, 4) is 0 Å². The minimum absolute atomic E-state index is 0.315. The van der Waals surface area contributed by atoms with Gasteiger partial charge in [-0.05, 0) is 39.9 Å². The lowest BCUT2D eigenvalue weighted by atomic mass is 10.3. The fraction of sp³-hybridized carbons (Fsp3) is 0.667. The van der Waals surface area contributed by atoms with Crippen molar-refractivity contribution in [2.45, 2.75) is 37.8 Å². The number of nitrogens with one attached hydrogen (secondary N) is 1. The van der Waals surface area contributed by atoms with E-state index in [2.05, 4.69) is 23.5 Å². The molecular formula is C12H23N3O2S2. The lowest BCUT2D eigenvalue weighted by molar-refractivity contribution is 0.271. The summed E-state index contributed by atoms with van der Waals surface area (Å²) >= 11 is 1.37. The van der Waals surface area contributed by atoms with E-state index in [-0.39, 0.29) is 0 Å². The second kappa shape index (κ2) is 7.35. The minimum atomic E-state index is -3.38. The van der Waals surface area contributed by atoms with Gasteiger partial charge in [-0.3, -0.25) is 0 Å². The average Bonchev–Trinajstić information content (AvgIpc) is 2.83. The molecule has 0 saturated carbocycles. The highest BCUT2D eigenvalue weighted by Gasteiger charge is 2.15. The number of hydrogen-bond acceptors (Lipinski definition) is 5. The quantitative estimate of drug-likeness (QED) is 0.708. The Bertz CT molecular complexity index is 483. The molecule has 0 aliphatic heterocycles. The molecule has 0 bridgehead atoms. The molecule has 0 aromatic carbocycles. The normalized spacial score (nSPS) is 12.5. The Labute approximate surface area is 119 Å². The minimum Gasteiger partial charge on any atom is -0.326 e. The first-order chi connectivity index (χ1) is 8.86. The first-order valence-corrected chi connectivity index (χ1v) is 8.70. The van der Waals surface area contributed by atoms with Crippen molar-refractivity contribution >= 4 is 21.4 Å². The van der Waals surface area contributed by atoms with Crippen molar-refractivity contribution in [1.82, 2.24) is 9.62 Å². The number of rotatable bonds is 8. The largest absolute Gasteiger partial charge is 0.326 e. The van der Waals surface area contributed by atoms with Crippen molar-refractivity contribution < 1.29 is 8.42 Å². The van der Waals surface area contributed by atoms with Crippen molar-refractivity contribution in [3.63, 3.8) is 0 Å². The molecule has 0 spiro atoms. The molecule has 0 saturated heterocycles. The molecule has 0 atom stereocenters. The van der Waals surface area contributed by atoms with Crippen molar-refractivity contribution in [2.75, 3.05) is 20.1 Å². The van der Waals surface area contributed by atoms with Crippen molar-refractivity contribution in [3.05, 3.63) is 16.3 Å². The smallest absolute Gasteiger partial charge is 0.241 e. The van der Waals surface area contributed by atoms with Crippen LogP contribution in [0, 0.1) is 0 Å². The maximum absolute atomic E-state index is 12.0. The first kappa shape index (κ1) is 16.6. The monoisotopic (exact) mass is 305 g/mol. The molecule has 110 valence electrons. The number of sulfonamides is 1. The number of hydrogen-bond donors (Lipinski definition) is 2. The van der Waals surface area contributed by atoms with Crippen LogP contribution in [0.3, 0.4) is 0 Å². The van der Waals surface area contributed by atoms with Gasteiger partial charge in [0.1, 0.15) is 0 Å². The Kier molecular flexibility index (Phi) is 6.41. The van der Waals surface area contributed by atoms with E-state index in [4.69, 9.17) is 5.73 Å². The summed E-state index contributed by atoms with van der Waals surface area (Å²) in [7, 11) is -1.35. The van der Waals surface area contributed by atoms with Crippen LogP contribution in [0.2, 0.25) is 0 Å². The highest BCUT2D eigenvalue weighted by atomic mass is 32.2. The van der Waals surface area contributed by atoms with E-state index in [9.17, 15) is 8.42 Å². The first-order valence-electron chi connectivity index (χ1n) is 6.34. The van der Waals surface area contributed by atoms with Crippen LogP contribution in [-0.2, 0) is 16.6 Å². The summed E-state index contributed by atoms with van der Waals surface area (Å²) < 4.78 is 26.6. The topological polar surface area (TPSA) is 75.4 Å². The van der Waals surface area contributed by atoms with Gasteiger partial charge in [-0.1, -0.05) is 0 Å². The molecule has 0 fully saturated rings. The summed E-state index contributed by atoms with van der Waals surface area (Å²) in [6, 6.07) is 2.10. The zero-order valence-electron chi connectivity index (χ0n) is 11.7. The second-order valence-corrected chi connectivity index (χ2v) is 7.54. The van der Waals surface area contributed by atoms with E-state index >= 15 is 0 Å². The molecule has 1 aromatic heterocycles. The Morgan fingerprint density at radius 1 is 1.47 bits per heavy atom. The van der Waals surface area contributed by atoms with Crippen LogP contribution in [0.15, 0.2) is 16.3 Å². The SMILES string of the molecule is CC(C)N(C)CCCNS(=O)(=O)c1csc(CN)c1. The third kappa shape index (κ3) is 5.19. The van der Waals surface area contributed by atoms with Gasteiger partial charge in [-0.2, -0.15) is 0 Å². The summed E-state index contributed by atoms with van der Waals surface area (Å²) in [5.41, 5.74) is 5.48. The summed E-state index contributed by atoms with van der Waals surface area (Å²) in [6.07, 6.45) is 0.793. The van der Waals surface area contributed by atoms with Crippen molar-refractivity contribution in [1.29, 1.82) is 0 Å². The van der Waals surface area contributed by atoms with Gasteiger partial charge in [0.2, 0.25) is 10.0 Å². The third-order valence-corrected chi connectivity index (χ3v) is 5.55. The van der Waals surface area contributed by atoms with Gasteiger partial charge in [0, 0.05) is 29.4 Å². The van der Waals surface area contributed by atoms with Crippen molar-refractivity contribution in [2.24, 2.45) is 5.73 Å². The van der Waals surface area contributed by atoms with Gasteiger partial charge in [-0.25, -0.2) is 13.1 Å². The highest BCUT2D eigenvalue weighted by molar-refractivity contribution is 7.89. The summed E-state index contributed by atoms with van der Waals surface area (Å²) in [6.45, 7) is 5.93. The van der Waals surface area contributed by atoms with Crippen LogP contribution in [0.25, 0.3) is 0 Å². The molecular weight excluding hydrogens is 282 g/mol. The predicted octanol–water partition coefficient (Wildman–Crippen LogP) is 1.22. The van der Waals surface area contributed by atoms with Gasteiger partial charge >= 0.3 is 0 Å². The van der Waals surface area contributed by atoms with Crippen LogP contribution < -0.4 is 10.5 Å². The summed E-state index contributed by atoms with van der Waals surface area (Å²) in [4.78, 5) is 3.38. The van der Waals surface area contributed by atoms with Crippen LogP contribution in [0.4, 0.5) is 0 Å². The van der Waals surface area contributed by atoms with E-state index in [1.54, 1.807) is 11.4 Å². The molecule has 19 heavy (non-hydrogen) atoms. The molecule has 0 unspecified atom stereocenters. The van der Waals surface area contributed by atoms with E-state index in [1.807, 2.05) is 7.05 Å². The molecule has 1 aromatic rings. The molecule has 0 aliphatic carbocycles. The lowest BCUT2D eigenvalue weighted by Gasteiger charge is -2.20. The predicted molar refractivity (Wildman–Crippen MR) is 79.8 cm³/mol. The number of nitrogens with zero attached hydrogens (tertiary/aromatic N) is 1. The standard InChI is InChI=1S/C12H23N3O2S2/c1-10(2)15(3)6-4-5-14-19(16,17)12-7-11(8-13)18-9-12/h7,9-10,14H,4-6,8,13H2,1-3H3. The van der Waals surface area contributed by atoms with Crippen LogP contribution in [0.5, 0.6) is 0 Å². The molecule has 0 aliphatic rings. The third-order valence-electron chi connectivity index (χ3n) is 3.00.